The molecule has 1 saturated heterocycles. The SMILES string of the molecule is Cc1c(NC2CCNC2)n[nH]c1C1CC1. The van der Waals surface area contributed by atoms with Crippen molar-refractivity contribution in [2.75, 3.05) is 18.4 Å². The first-order chi connectivity index (χ1) is 7.34. The van der Waals surface area contributed by atoms with Gasteiger partial charge in [-0.15, -0.1) is 0 Å². The first-order valence-electron chi connectivity index (χ1n) is 5.86. The molecule has 3 N–H and O–H groups in total. The van der Waals surface area contributed by atoms with Crippen molar-refractivity contribution in [2.45, 2.75) is 38.1 Å². The van der Waals surface area contributed by atoms with E-state index in [0.29, 0.717) is 6.04 Å². The van der Waals surface area contributed by atoms with Crippen molar-refractivity contribution >= 4 is 5.82 Å². The van der Waals surface area contributed by atoms with Crippen LogP contribution in [0.3, 0.4) is 0 Å². The van der Waals surface area contributed by atoms with Gasteiger partial charge in [-0.1, -0.05) is 0 Å². The second-order valence-corrected chi connectivity index (χ2v) is 4.72. The number of aromatic nitrogens is 2. The molecular formula is C11H18N4. The van der Waals surface area contributed by atoms with E-state index in [0.717, 1.165) is 24.8 Å². The lowest BCUT2D eigenvalue weighted by atomic mass is 10.2. The maximum absolute atomic E-state index is 4.38. The van der Waals surface area contributed by atoms with Crippen LogP contribution in [0.25, 0.3) is 0 Å². The molecular weight excluding hydrogens is 188 g/mol. The molecule has 3 rings (SSSR count). The Morgan fingerprint density at radius 3 is 2.87 bits per heavy atom. The van der Waals surface area contributed by atoms with Gasteiger partial charge in [0.25, 0.3) is 0 Å². The van der Waals surface area contributed by atoms with Crippen LogP contribution in [0.15, 0.2) is 0 Å². The van der Waals surface area contributed by atoms with E-state index in [2.05, 4.69) is 27.8 Å². The number of nitrogens with zero attached hydrogens (tertiary/aromatic N) is 1. The summed E-state index contributed by atoms with van der Waals surface area (Å²) in [5.74, 6) is 1.82. The van der Waals surface area contributed by atoms with Gasteiger partial charge in [0.2, 0.25) is 0 Å². The molecule has 1 atom stereocenters. The lowest BCUT2D eigenvalue weighted by molar-refractivity contribution is 0.785. The van der Waals surface area contributed by atoms with Gasteiger partial charge in [0.15, 0.2) is 5.82 Å². The molecule has 0 radical (unpaired) electrons. The highest BCUT2D eigenvalue weighted by Gasteiger charge is 2.28. The molecule has 1 aromatic rings. The molecule has 1 aromatic heterocycles. The highest BCUT2D eigenvalue weighted by atomic mass is 15.2. The van der Waals surface area contributed by atoms with E-state index in [1.807, 2.05) is 0 Å². The van der Waals surface area contributed by atoms with Crippen LogP contribution in [0.1, 0.15) is 36.4 Å². The van der Waals surface area contributed by atoms with E-state index in [1.54, 1.807) is 0 Å². The number of anilines is 1. The monoisotopic (exact) mass is 206 g/mol. The van der Waals surface area contributed by atoms with Crippen LogP contribution in [0.2, 0.25) is 0 Å². The van der Waals surface area contributed by atoms with Crippen molar-refractivity contribution in [3.63, 3.8) is 0 Å². The minimum atomic E-state index is 0.555. The fourth-order valence-electron chi connectivity index (χ4n) is 2.29. The molecule has 4 heteroatoms. The van der Waals surface area contributed by atoms with E-state index in [-0.39, 0.29) is 0 Å². The predicted octanol–water partition coefficient (Wildman–Crippen LogP) is 1.37. The van der Waals surface area contributed by atoms with Crippen molar-refractivity contribution in [3.05, 3.63) is 11.3 Å². The number of rotatable bonds is 3. The average molecular weight is 206 g/mol. The molecule has 1 aliphatic carbocycles. The number of H-pyrrole nitrogens is 1. The average Bonchev–Trinajstić information content (AvgIpc) is 2.83. The number of hydrogen-bond acceptors (Lipinski definition) is 3. The van der Waals surface area contributed by atoms with Crippen molar-refractivity contribution in [2.24, 2.45) is 0 Å². The third kappa shape index (κ3) is 1.74. The Hall–Kier alpha value is -1.03. The van der Waals surface area contributed by atoms with Gasteiger partial charge >= 0.3 is 0 Å². The number of hydrogen-bond donors (Lipinski definition) is 3. The molecule has 0 bridgehead atoms. The Kier molecular flexibility index (Phi) is 2.16. The van der Waals surface area contributed by atoms with E-state index < -0.39 is 0 Å². The standard InChI is InChI=1S/C11H18N4/c1-7-10(8-2-3-8)14-15-11(7)13-9-4-5-12-6-9/h8-9,12H,2-6H2,1H3,(H2,13,14,15). The maximum atomic E-state index is 4.38. The van der Waals surface area contributed by atoms with Crippen molar-refractivity contribution < 1.29 is 0 Å². The summed E-state index contributed by atoms with van der Waals surface area (Å²) >= 11 is 0. The quantitative estimate of drug-likeness (QED) is 0.700. The summed E-state index contributed by atoms with van der Waals surface area (Å²) in [4.78, 5) is 0. The molecule has 4 nitrogen and oxygen atoms in total. The zero-order valence-electron chi connectivity index (χ0n) is 9.14. The van der Waals surface area contributed by atoms with Gasteiger partial charge in [-0.3, -0.25) is 5.10 Å². The molecule has 2 heterocycles. The number of nitrogens with one attached hydrogen (secondary N) is 3. The van der Waals surface area contributed by atoms with E-state index in [4.69, 9.17) is 0 Å². The summed E-state index contributed by atoms with van der Waals surface area (Å²) in [6.45, 7) is 4.35. The molecule has 15 heavy (non-hydrogen) atoms. The lowest BCUT2D eigenvalue weighted by Crippen LogP contribution is -2.22. The molecule has 0 aromatic carbocycles. The van der Waals surface area contributed by atoms with Crippen LogP contribution in [-0.4, -0.2) is 29.3 Å². The minimum Gasteiger partial charge on any atom is -0.364 e. The van der Waals surface area contributed by atoms with Crippen LogP contribution >= 0.6 is 0 Å². The highest BCUT2D eigenvalue weighted by Crippen LogP contribution is 2.41. The predicted molar refractivity (Wildman–Crippen MR) is 60.2 cm³/mol. The summed E-state index contributed by atoms with van der Waals surface area (Å²) in [7, 11) is 0. The third-order valence-corrected chi connectivity index (χ3v) is 3.43. The van der Waals surface area contributed by atoms with Gasteiger partial charge in [0, 0.05) is 29.8 Å². The molecule has 1 saturated carbocycles. The fraction of sp³-hybridized carbons (Fsp3) is 0.727. The topological polar surface area (TPSA) is 52.7 Å². The second kappa shape index (κ2) is 3.52. The van der Waals surface area contributed by atoms with Crippen molar-refractivity contribution in [1.82, 2.24) is 15.5 Å². The van der Waals surface area contributed by atoms with Crippen LogP contribution in [0.5, 0.6) is 0 Å². The normalized spacial score (nSPS) is 25.8. The molecule has 1 unspecified atom stereocenters. The van der Waals surface area contributed by atoms with E-state index in [9.17, 15) is 0 Å². The highest BCUT2D eigenvalue weighted by molar-refractivity contribution is 5.48. The summed E-state index contributed by atoms with van der Waals surface area (Å²) in [6.07, 6.45) is 3.85. The lowest BCUT2D eigenvalue weighted by Gasteiger charge is -2.10. The number of aromatic amines is 1. The van der Waals surface area contributed by atoms with Gasteiger partial charge in [-0.25, -0.2) is 0 Å². The van der Waals surface area contributed by atoms with Gasteiger partial charge in [0.1, 0.15) is 0 Å². The molecule has 0 amide bonds. The van der Waals surface area contributed by atoms with Crippen molar-refractivity contribution in [1.29, 1.82) is 0 Å². The van der Waals surface area contributed by atoms with Crippen molar-refractivity contribution in [3.8, 4) is 0 Å². The van der Waals surface area contributed by atoms with Gasteiger partial charge in [-0.2, -0.15) is 5.10 Å². The smallest absolute Gasteiger partial charge is 0.151 e. The summed E-state index contributed by atoms with van der Waals surface area (Å²) < 4.78 is 0. The molecule has 2 fully saturated rings. The zero-order chi connectivity index (χ0) is 10.3. The first kappa shape index (κ1) is 9.21. The molecule has 82 valence electrons. The van der Waals surface area contributed by atoms with Crippen LogP contribution in [0.4, 0.5) is 5.82 Å². The van der Waals surface area contributed by atoms with Crippen LogP contribution in [-0.2, 0) is 0 Å². The zero-order valence-corrected chi connectivity index (χ0v) is 9.14. The fourth-order valence-corrected chi connectivity index (χ4v) is 2.29. The van der Waals surface area contributed by atoms with Crippen LogP contribution < -0.4 is 10.6 Å². The summed E-state index contributed by atoms with van der Waals surface area (Å²) in [5, 5.41) is 14.4. The Balaban J connectivity index is 1.73. The minimum absolute atomic E-state index is 0.555. The van der Waals surface area contributed by atoms with Gasteiger partial charge in [0.05, 0.1) is 0 Å². The van der Waals surface area contributed by atoms with Gasteiger partial charge < -0.3 is 10.6 Å². The Morgan fingerprint density at radius 2 is 2.20 bits per heavy atom. The van der Waals surface area contributed by atoms with E-state index in [1.165, 1.54) is 30.5 Å². The maximum Gasteiger partial charge on any atom is 0.151 e. The third-order valence-electron chi connectivity index (χ3n) is 3.43. The Labute approximate surface area is 89.8 Å². The molecule has 2 aliphatic rings. The molecule has 0 spiro atoms. The Morgan fingerprint density at radius 1 is 1.33 bits per heavy atom. The second-order valence-electron chi connectivity index (χ2n) is 4.72. The largest absolute Gasteiger partial charge is 0.364 e. The van der Waals surface area contributed by atoms with E-state index >= 15 is 0 Å². The first-order valence-corrected chi connectivity index (χ1v) is 5.86. The van der Waals surface area contributed by atoms with Gasteiger partial charge in [-0.05, 0) is 32.7 Å². The summed E-state index contributed by atoms with van der Waals surface area (Å²) in [5.41, 5.74) is 2.67. The molecule has 1 aliphatic heterocycles. The Bertz CT molecular complexity index is 347. The summed E-state index contributed by atoms with van der Waals surface area (Å²) in [6, 6.07) is 0.555. The van der Waals surface area contributed by atoms with Crippen LogP contribution in [0, 0.1) is 6.92 Å².